The molecule has 0 saturated carbocycles. The fraction of sp³-hybridized carbons (Fsp3) is 0.417. The third-order valence-corrected chi connectivity index (χ3v) is 5.16. The van der Waals surface area contributed by atoms with Gasteiger partial charge in [-0.05, 0) is 46.8 Å². The number of rotatable bonds is 13. The van der Waals surface area contributed by atoms with Crippen LogP contribution in [0.1, 0.15) is 34.6 Å². The van der Waals surface area contributed by atoms with Crippen LogP contribution < -0.4 is 24.3 Å². The van der Waals surface area contributed by atoms with Crippen LogP contribution in [0.2, 0.25) is 10.0 Å². The molecule has 1 atom stereocenters. The zero-order valence-corrected chi connectivity index (χ0v) is 21.8. The van der Waals surface area contributed by atoms with E-state index < -0.39 is 17.7 Å². The van der Waals surface area contributed by atoms with E-state index in [9.17, 15) is 9.59 Å². The Bertz CT molecular complexity index is 1050. The van der Waals surface area contributed by atoms with Gasteiger partial charge in [-0.1, -0.05) is 23.2 Å². The van der Waals surface area contributed by atoms with Gasteiger partial charge in [0.2, 0.25) is 6.04 Å². The van der Waals surface area contributed by atoms with E-state index in [0.717, 1.165) is 0 Å². The van der Waals surface area contributed by atoms with Gasteiger partial charge in [0.15, 0.2) is 5.78 Å². The minimum Gasteiger partial charge on any atom is -0.492 e. The standard InChI is InChI=1S/C24H29Cl2N3O6/c1-6-32-16-10-11-17(33-7-2)23(21(16)26)29-28-22(14(5)30)24(31)27-15-12-18(34-8-3)20(25)19(13-15)35-9-4/h10-13,22H,6-9H2,1-5H3,(H,27,31). The van der Waals surface area contributed by atoms with E-state index in [4.69, 9.17) is 42.1 Å². The van der Waals surface area contributed by atoms with Gasteiger partial charge < -0.3 is 24.3 Å². The van der Waals surface area contributed by atoms with E-state index in [0.29, 0.717) is 55.1 Å². The molecule has 1 unspecified atom stereocenters. The number of ketones is 1. The first kappa shape index (κ1) is 28.2. The van der Waals surface area contributed by atoms with Gasteiger partial charge in [0.1, 0.15) is 38.7 Å². The molecule has 0 heterocycles. The molecule has 2 aromatic rings. The largest absolute Gasteiger partial charge is 0.492 e. The number of amides is 1. The quantitative estimate of drug-likeness (QED) is 0.244. The molecule has 0 saturated heterocycles. The number of azo groups is 1. The van der Waals surface area contributed by atoms with Crippen molar-refractivity contribution in [3.8, 4) is 23.0 Å². The Kier molecular flexibility index (Phi) is 11.1. The Morgan fingerprint density at radius 3 is 1.83 bits per heavy atom. The fourth-order valence-corrected chi connectivity index (χ4v) is 3.44. The first-order chi connectivity index (χ1) is 16.8. The van der Waals surface area contributed by atoms with Gasteiger partial charge in [0.05, 0.1) is 26.4 Å². The minimum atomic E-state index is -1.45. The van der Waals surface area contributed by atoms with Crippen LogP contribution in [-0.4, -0.2) is 44.2 Å². The number of hydrogen-bond acceptors (Lipinski definition) is 8. The summed E-state index contributed by atoms with van der Waals surface area (Å²) in [4.78, 5) is 25.3. The molecule has 0 spiro atoms. The number of ether oxygens (including phenoxy) is 4. The van der Waals surface area contributed by atoms with E-state index in [-0.39, 0.29) is 15.7 Å². The summed E-state index contributed by atoms with van der Waals surface area (Å²) in [5.41, 5.74) is 0.474. The van der Waals surface area contributed by atoms with Gasteiger partial charge in [0, 0.05) is 17.8 Å². The normalized spacial score (nSPS) is 11.7. The summed E-state index contributed by atoms with van der Waals surface area (Å²) in [5, 5.41) is 11.2. The van der Waals surface area contributed by atoms with Crippen molar-refractivity contribution in [1.29, 1.82) is 0 Å². The third-order valence-electron chi connectivity index (χ3n) is 4.42. The molecule has 0 bridgehead atoms. The van der Waals surface area contributed by atoms with Crippen molar-refractivity contribution < 1.29 is 28.5 Å². The average Bonchev–Trinajstić information content (AvgIpc) is 2.80. The molecular weight excluding hydrogens is 497 g/mol. The lowest BCUT2D eigenvalue weighted by Gasteiger charge is -2.15. The van der Waals surface area contributed by atoms with Gasteiger partial charge in [-0.25, -0.2) is 0 Å². The Morgan fingerprint density at radius 2 is 1.31 bits per heavy atom. The monoisotopic (exact) mass is 525 g/mol. The second kappa shape index (κ2) is 13.7. The van der Waals surface area contributed by atoms with Gasteiger partial charge in [-0.15, -0.1) is 5.11 Å². The molecule has 1 N–H and O–H groups in total. The predicted octanol–water partition coefficient (Wildman–Crippen LogP) is 6.27. The third kappa shape index (κ3) is 7.47. The van der Waals surface area contributed by atoms with Crippen molar-refractivity contribution in [3.63, 3.8) is 0 Å². The molecule has 11 heteroatoms. The summed E-state index contributed by atoms with van der Waals surface area (Å²) in [6.45, 7) is 9.91. The first-order valence-electron chi connectivity index (χ1n) is 11.2. The van der Waals surface area contributed by atoms with Crippen LogP contribution >= 0.6 is 23.2 Å². The summed E-state index contributed by atoms with van der Waals surface area (Å²) in [6.07, 6.45) is 0. The summed E-state index contributed by atoms with van der Waals surface area (Å²) in [5.74, 6) is 0.153. The molecule has 0 radical (unpaired) electrons. The maximum absolute atomic E-state index is 13.0. The SMILES string of the molecule is CCOc1cc(NC(=O)C(N=Nc2c(OCC)ccc(OCC)c2Cl)C(C)=O)cc(OCC)c1Cl. The molecule has 190 valence electrons. The number of carbonyl (C=O) groups excluding carboxylic acids is 2. The summed E-state index contributed by atoms with van der Waals surface area (Å²) in [7, 11) is 0. The highest BCUT2D eigenvalue weighted by molar-refractivity contribution is 6.35. The molecule has 35 heavy (non-hydrogen) atoms. The molecule has 0 fully saturated rings. The van der Waals surface area contributed by atoms with Crippen LogP contribution in [-0.2, 0) is 9.59 Å². The second-order valence-corrected chi connectivity index (χ2v) is 7.72. The van der Waals surface area contributed by atoms with Crippen molar-refractivity contribution in [1.82, 2.24) is 0 Å². The van der Waals surface area contributed by atoms with Crippen molar-refractivity contribution >= 4 is 46.3 Å². The molecule has 2 aromatic carbocycles. The van der Waals surface area contributed by atoms with Gasteiger partial charge in [-0.2, -0.15) is 5.11 Å². The predicted molar refractivity (Wildman–Crippen MR) is 135 cm³/mol. The smallest absolute Gasteiger partial charge is 0.258 e. The number of hydrogen-bond donors (Lipinski definition) is 1. The van der Waals surface area contributed by atoms with E-state index in [1.54, 1.807) is 32.9 Å². The van der Waals surface area contributed by atoms with E-state index in [1.165, 1.54) is 19.1 Å². The Hall–Kier alpha value is -3.04. The van der Waals surface area contributed by atoms with Crippen molar-refractivity contribution in [3.05, 3.63) is 34.3 Å². The maximum atomic E-state index is 13.0. The zero-order valence-electron chi connectivity index (χ0n) is 20.3. The number of benzene rings is 2. The van der Waals surface area contributed by atoms with Crippen LogP contribution in [0, 0.1) is 0 Å². The number of Topliss-reactive ketones (excluding diaryl/α,β-unsaturated/α-hetero) is 1. The number of anilines is 1. The van der Waals surface area contributed by atoms with E-state index in [1.807, 2.05) is 6.92 Å². The van der Waals surface area contributed by atoms with Gasteiger partial charge in [0.25, 0.3) is 5.91 Å². The Labute approximate surface area is 214 Å². The molecule has 2 rings (SSSR count). The van der Waals surface area contributed by atoms with Crippen LogP contribution in [0.25, 0.3) is 0 Å². The molecule has 9 nitrogen and oxygen atoms in total. The van der Waals surface area contributed by atoms with Crippen LogP contribution in [0.5, 0.6) is 23.0 Å². The zero-order chi connectivity index (χ0) is 26.0. The summed E-state index contributed by atoms with van der Waals surface area (Å²) < 4.78 is 22.1. The van der Waals surface area contributed by atoms with Crippen molar-refractivity contribution in [2.75, 3.05) is 31.7 Å². The molecule has 1 amide bonds. The van der Waals surface area contributed by atoms with Gasteiger partial charge >= 0.3 is 0 Å². The molecule has 0 aliphatic carbocycles. The highest BCUT2D eigenvalue weighted by atomic mass is 35.5. The number of nitrogens with one attached hydrogen (secondary N) is 1. The van der Waals surface area contributed by atoms with Gasteiger partial charge in [-0.3, -0.25) is 9.59 Å². The first-order valence-corrected chi connectivity index (χ1v) is 11.9. The summed E-state index contributed by atoms with van der Waals surface area (Å²) in [6, 6.07) is 4.91. The van der Waals surface area contributed by atoms with E-state index >= 15 is 0 Å². The highest BCUT2D eigenvalue weighted by Gasteiger charge is 2.25. The topological polar surface area (TPSA) is 108 Å². The fourth-order valence-electron chi connectivity index (χ4n) is 2.97. The maximum Gasteiger partial charge on any atom is 0.258 e. The van der Waals surface area contributed by atoms with Crippen LogP contribution in [0.15, 0.2) is 34.5 Å². The summed E-state index contributed by atoms with van der Waals surface area (Å²) >= 11 is 12.7. The average molecular weight is 526 g/mol. The van der Waals surface area contributed by atoms with Crippen LogP contribution in [0.4, 0.5) is 11.4 Å². The van der Waals surface area contributed by atoms with Crippen LogP contribution in [0.3, 0.4) is 0 Å². The molecule has 0 aliphatic rings. The second-order valence-electron chi connectivity index (χ2n) is 6.96. The molecule has 0 aliphatic heterocycles. The lowest BCUT2D eigenvalue weighted by molar-refractivity contribution is -0.126. The lowest BCUT2D eigenvalue weighted by Crippen LogP contribution is -2.31. The Morgan fingerprint density at radius 1 is 0.829 bits per heavy atom. The number of carbonyl (C=O) groups is 2. The van der Waals surface area contributed by atoms with Crippen molar-refractivity contribution in [2.45, 2.75) is 40.7 Å². The van der Waals surface area contributed by atoms with Crippen molar-refractivity contribution in [2.24, 2.45) is 10.2 Å². The number of nitrogens with zero attached hydrogens (tertiary/aromatic N) is 2. The lowest BCUT2D eigenvalue weighted by atomic mass is 10.2. The van der Waals surface area contributed by atoms with E-state index in [2.05, 4.69) is 15.5 Å². The Balaban J connectivity index is 2.38. The number of halogens is 2. The minimum absolute atomic E-state index is 0.155. The molecular formula is C24H29Cl2N3O6. The highest BCUT2D eigenvalue weighted by Crippen LogP contribution is 2.42. The molecule has 0 aromatic heterocycles.